The molecule has 0 fully saturated rings. The van der Waals surface area contributed by atoms with Crippen molar-refractivity contribution < 1.29 is 9.13 Å². The van der Waals surface area contributed by atoms with Crippen LogP contribution in [0.5, 0.6) is 0 Å². The van der Waals surface area contributed by atoms with E-state index < -0.39 is 0 Å². The van der Waals surface area contributed by atoms with Gasteiger partial charge in [-0.05, 0) is 31.0 Å². The van der Waals surface area contributed by atoms with Crippen molar-refractivity contribution in [3.8, 4) is 0 Å². The van der Waals surface area contributed by atoms with Crippen molar-refractivity contribution in [3.05, 3.63) is 34.6 Å². The standard InChI is InChI=1S/C14H21ClFNO/c1-4-13(18-3)12(17-5-2)9-10-7-6-8-11(16)14(10)15/h6-8,12-13,17H,4-5,9H2,1-3H3. The Balaban J connectivity index is 2.85. The van der Waals surface area contributed by atoms with E-state index in [2.05, 4.69) is 12.2 Å². The molecule has 0 aromatic heterocycles. The lowest BCUT2D eigenvalue weighted by Gasteiger charge is -2.26. The maximum Gasteiger partial charge on any atom is 0.142 e. The van der Waals surface area contributed by atoms with Crippen LogP contribution in [0.4, 0.5) is 4.39 Å². The average molecular weight is 274 g/mol. The summed E-state index contributed by atoms with van der Waals surface area (Å²) >= 11 is 5.98. The minimum Gasteiger partial charge on any atom is -0.380 e. The summed E-state index contributed by atoms with van der Waals surface area (Å²) in [5.41, 5.74) is 0.818. The molecular formula is C14H21ClFNO. The van der Waals surface area contributed by atoms with Crippen LogP contribution in [0.25, 0.3) is 0 Å². The van der Waals surface area contributed by atoms with Gasteiger partial charge in [0.15, 0.2) is 0 Å². The van der Waals surface area contributed by atoms with Crippen LogP contribution in [0.2, 0.25) is 5.02 Å². The van der Waals surface area contributed by atoms with Crippen molar-refractivity contribution in [2.24, 2.45) is 0 Å². The summed E-state index contributed by atoms with van der Waals surface area (Å²) in [7, 11) is 1.70. The molecule has 0 spiro atoms. The predicted octanol–water partition coefficient (Wildman–Crippen LogP) is 3.42. The van der Waals surface area contributed by atoms with Crippen LogP contribution in [-0.4, -0.2) is 25.8 Å². The Labute approximate surface area is 113 Å². The zero-order valence-electron chi connectivity index (χ0n) is 11.2. The number of hydrogen-bond donors (Lipinski definition) is 1. The first-order valence-corrected chi connectivity index (χ1v) is 6.70. The van der Waals surface area contributed by atoms with Gasteiger partial charge in [-0.2, -0.15) is 0 Å². The van der Waals surface area contributed by atoms with Gasteiger partial charge in [0.05, 0.1) is 11.1 Å². The molecule has 0 aliphatic heterocycles. The van der Waals surface area contributed by atoms with Gasteiger partial charge < -0.3 is 10.1 Å². The summed E-state index contributed by atoms with van der Waals surface area (Å²) in [5.74, 6) is -0.366. The maximum atomic E-state index is 13.4. The molecule has 1 aromatic carbocycles. The van der Waals surface area contributed by atoms with Crippen LogP contribution >= 0.6 is 11.6 Å². The third-order valence-corrected chi connectivity index (χ3v) is 3.51. The second-order valence-electron chi connectivity index (χ2n) is 4.26. The van der Waals surface area contributed by atoms with Gasteiger partial charge in [0.1, 0.15) is 5.82 Å². The predicted molar refractivity (Wildman–Crippen MR) is 73.7 cm³/mol. The molecule has 1 N–H and O–H groups in total. The molecule has 2 nitrogen and oxygen atoms in total. The van der Waals surface area contributed by atoms with E-state index in [0.29, 0.717) is 6.42 Å². The van der Waals surface area contributed by atoms with Gasteiger partial charge in [-0.15, -0.1) is 0 Å². The van der Waals surface area contributed by atoms with Crippen LogP contribution in [-0.2, 0) is 11.2 Å². The van der Waals surface area contributed by atoms with Gasteiger partial charge in [-0.1, -0.05) is 37.6 Å². The SMILES string of the molecule is CCNC(Cc1cccc(F)c1Cl)C(CC)OC. The molecule has 2 atom stereocenters. The van der Waals surface area contributed by atoms with Crippen LogP contribution in [0.15, 0.2) is 18.2 Å². The Bertz CT molecular complexity index is 369. The average Bonchev–Trinajstić information content (AvgIpc) is 2.36. The Morgan fingerprint density at radius 3 is 2.67 bits per heavy atom. The molecule has 102 valence electrons. The minimum atomic E-state index is -0.366. The van der Waals surface area contributed by atoms with E-state index in [-0.39, 0.29) is 23.0 Å². The fraction of sp³-hybridized carbons (Fsp3) is 0.571. The Morgan fingerprint density at radius 1 is 1.39 bits per heavy atom. The number of ether oxygens (including phenoxy) is 1. The highest BCUT2D eigenvalue weighted by Crippen LogP contribution is 2.22. The summed E-state index contributed by atoms with van der Waals surface area (Å²) < 4.78 is 18.9. The van der Waals surface area contributed by atoms with Crippen LogP contribution in [0.1, 0.15) is 25.8 Å². The first-order valence-electron chi connectivity index (χ1n) is 6.33. The molecule has 18 heavy (non-hydrogen) atoms. The molecule has 0 saturated carbocycles. The quantitative estimate of drug-likeness (QED) is 0.822. The molecule has 0 radical (unpaired) electrons. The van der Waals surface area contributed by atoms with Gasteiger partial charge in [0.25, 0.3) is 0 Å². The van der Waals surface area contributed by atoms with Crippen molar-refractivity contribution in [1.82, 2.24) is 5.32 Å². The first-order chi connectivity index (χ1) is 8.63. The number of nitrogens with one attached hydrogen (secondary N) is 1. The maximum absolute atomic E-state index is 13.4. The monoisotopic (exact) mass is 273 g/mol. The lowest BCUT2D eigenvalue weighted by atomic mass is 9.99. The minimum absolute atomic E-state index is 0.101. The highest BCUT2D eigenvalue weighted by Gasteiger charge is 2.20. The van der Waals surface area contributed by atoms with E-state index in [1.165, 1.54) is 6.07 Å². The summed E-state index contributed by atoms with van der Waals surface area (Å²) in [6.07, 6.45) is 1.67. The zero-order valence-corrected chi connectivity index (χ0v) is 11.9. The lowest BCUT2D eigenvalue weighted by Crippen LogP contribution is -2.42. The molecule has 0 aliphatic rings. The van der Waals surface area contributed by atoms with Crippen LogP contribution in [0, 0.1) is 5.82 Å². The lowest BCUT2D eigenvalue weighted by molar-refractivity contribution is 0.0658. The second kappa shape index (κ2) is 7.72. The molecule has 0 aliphatic carbocycles. The van der Waals surface area contributed by atoms with E-state index in [1.807, 2.05) is 13.0 Å². The third-order valence-electron chi connectivity index (χ3n) is 3.09. The van der Waals surface area contributed by atoms with Crippen molar-refractivity contribution in [2.75, 3.05) is 13.7 Å². The number of halogens is 2. The van der Waals surface area contributed by atoms with Crippen LogP contribution < -0.4 is 5.32 Å². The summed E-state index contributed by atoms with van der Waals surface area (Å²) in [5, 5.41) is 3.59. The summed E-state index contributed by atoms with van der Waals surface area (Å²) in [6.45, 7) is 4.96. The number of methoxy groups -OCH3 is 1. The third kappa shape index (κ3) is 3.94. The highest BCUT2D eigenvalue weighted by atomic mass is 35.5. The molecular weight excluding hydrogens is 253 g/mol. The van der Waals surface area contributed by atoms with E-state index in [4.69, 9.17) is 16.3 Å². The molecule has 0 saturated heterocycles. The summed E-state index contributed by atoms with van der Waals surface area (Å²) in [4.78, 5) is 0. The number of likely N-dealkylation sites (N-methyl/N-ethyl adjacent to an activating group) is 1. The Hall–Kier alpha value is -0.640. The van der Waals surface area contributed by atoms with Crippen molar-refractivity contribution >= 4 is 11.6 Å². The van der Waals surface area contributed by atoms with Crippen molar-refractivity contribution in [1.29, 1.82) is 0 Å². The van der Waals surface area contributed by atoms with Crippen molar-refractivity contribution in [2.45, 2.75) is 38.8 Å². The van der Waals surface area contributed by atoms with Crippen LogP contribution in [0.3, 0.4) is 0 Å². The van der Waals surface area contributed by atoms with Gasteiger partial charge in [-0.25, -0.2) is 4.39 Å². The topological polar surface area (TPSA) is 21.3 Å². The Kier molecular flexibility index (Phi) is 6.61. The molecule has 0 bridgehead atoms. The second-order valence-corrected chi connectivity index (χ2v) is 4.64. The summed E-state index contributed by atoms with van der Waals surface area (Å²) in [6, 6.07) is 5.07. The number of hydrogen-bond acceptors (Lipinski definition) is 2. The van der Waals surface area contributed by atoms with Crippen molar-refractivity contribution in [3.63, 3.8) is 0 Å². The molecule has 0 heterocycles. The van der Waals surface area contributed by atoms with E-state index in [0.717, 1.165) is 18.5 Å². The fourth-order valence-electron chi connectivity index (χ4n) is 2.16. The number of rotatable bonds is 7. The smallest absolute Gasteiger partial charge is 0.142 e. The number of benzene rings is 1. The van der Waals surface area contributed by atoms with Gasteiger partial charge in [-0.3, -0.25) is 0 Å². The molecule has 1 rings (SSSR count). The normalized spacial score (nSPS) is 14.5. The Morgan fingerprint density at radius 2 is 2.11 bits per heavy atom. The largest absolute Gasteiger partial charge is 0.380 e. The molecule has 1 aromatic rings. The van der Waals surface area contributed by atoms with Gasteiger partial charge >= 0.3 is 0 Å². The fourth-order valence-corrected chi connectivity index (χ4v) is 2.36. The van der Waals surface area contributed by atoms with E-state index >= 15 is 0 Å². The van der Waals surface area contributed by atoms with E-state index in [1.54, 1.807) is 13.2 Å². The molecule has 2 unspecified atom stereocenters. The molecule has 0 amide bonds. The van der Waals surface area contributed by atoms with Gasteiger partial charge in [0, 0.05) is 13.2 Å². The van der Waals surface area contributed by atoms with E-state index in [9.17, 15) is 4.39 Å². The first kappa shape index (κ1) is 15.4. The van der Waals surface area contributed by atoms with Gasteiger partial charge in [0.2, 0.25) is 0 Å². The zero-order chi connectivity index (χ0) is 13.5. The molecule has 4 heteroatoms. The highest BCUT2D eigenvalue weighted by molar-refractivity contribution is 6.31.